The van der Waals surface area contributed by atoms with Crippen molar-refractivity contribution in [2.45, 2.75) is 12.3 Å². The zero-order chi connectivity index (χ0) is 11.5. The Bertz CT molecular complexity index is 307. The zero-order valence-electron chi connectivity index (χ0n) is 9.00. The molecule has 1 aromatic carbocycles. The molecule has 0 aliphatic rings. The second-order valence-electron chi connectivity index (χ2n) is 3.80. The van der Waals surface area contributed by atoms with Gasteiger partial charge in [-0.1, -0.05) is 12.1 Å². The van der Waals surface area contributed by atoms with Gasteiger partial charge in [-0.05, 0) is 17.7 Å². The summed E-state index contributed by atoms with van der Waals surface area (Å²) < 4.78 is 25.9. The van der Waals surface area contributed by atoms with Crippen LogP contribution >= 0.6 is 0 Å². The molecule has 2 nitrogen and oxygen atoms in total. The van der Waals surface area contributed by atoms with Crippen molar-refractivity contribution < 1.29 is 8.78 Å². The first kappa shape index (κ1) is 11.9. The number of benzene rings is 1. The fourth-order valence-electron chi connectivity index (χ4n) is 1.28. The standard InChI is InChI=1S/C11H16F2N2/c1-15(2)10-5-3-9(4-6-10)7-11(12,13)8-14/h3-6H,7-8,14H2,1-2H3. The van der Waals surface area contributed by atoms with Crippen LogP contribution in [0.15, 0.2) is 24.3 Å². The van der Waals surface area contributed by atoms with E-state index in [4.69, 9.17) is 5.73 Å². The number of halogens is 2. The topological polar surface area (TPSA) is 29.3 Å². The molecule has 2 N–H and O–H groups in total. The molecule has 4 heteroatoms. The number of anilines is 1. The lowest BCUT2D eigenvalue weighted by Gasteiger charge is -2.15. The second-order valence-corrected chi connectivity index (χ2v) is 3.80. The molecule has 15 heavy (non-hydrogen) atoms. The van der Waals surface area contributed by atoms with Crippen LogP contribution in [0.2, 0.25) is 0 Å². The fraction of sp³-hybridized carbons (Fsp3) is 0.455. The van der Waals surface area contributed by atoms with Crippen molar-refractivity contribution in [2.75, 3.05) is 25.5 Å². The summed E-state index contributed by atoms with van der Waals surface area (Å²) in [5, 5.41) is 0. The largest absolute Gasteiger partial charge is 0.378 e. The van der Waals surface area contributed by atoms with Crippen molar-refractivity contribution >= 4 is 5.69 Å². The molecule has 0 spiro atoms. The van der Waals surface area contributed by atoms with Crippen LogP contribution in [0.25, 0.3) is 0 Å². The minimum absolute atomic E-state index is 0.294. The predicted molar refractivity (Wildman–Crippen MR) is 58.5 cm³/mol. The smallest absolute Gasteiger partial charge is 0.264 e. The SMILES string of the molecule is CN(C)c1ccc(CC(F)(F)CN)cc1. The van der Waals surface area contributed by atoms with E-state index in [1.54, 1.807) is 12.1 Å². The van der Waals surface area contributed by atoms with E-state index < -0.39 is 12.5 Å². The van der Waals surface area contributed by atoms with Crippen molar-refractivity contribution in [1.82, 2.24) is 0 Å². The first-order valence-electron chi connectivity index (χ1n) is 4.79. The molecule has 0 atom stereocenters. The molecule has 0 unspecified atom stereocenters. The summed E-state index contributed by atoms with van der Waals surface area (Å²) in [7, 11) is 3.81. The summed E-state index contributed by atoms with van der Waals surface area (Å²) in [6.07, 6.45) is -0.294. The van der Waals surface area contributed by atoms with E-state index in [2.05, 4.69) is 0 Å². The Labute approximate surface area is 88.7 Å². The van der Waals surface area contributed by atoms with Crippen molar-refractivity contribution in [2.24, 2.45) is 5.73 Å². The molecule has 1 rings (SSSR count). The van der Waals surface area contributed by atoms with Gasteiger partial charge in [-0.2, -0.15) is 0 Å². The highest BCUT2D eigenvalue weighted by Crippen LogP contribution is 2.20. The Morgan fingerprint density at radius 3 is 2.13 bits per heavy atom. The molecule has 0 aliphatic carbocycles. The summed E-state index contributed by atoms with van der Waals surface area (Å²) in [6.45, 7) is -0.609. The lowest BCUT2D eigenvalue weighted by atomic mass is 10.1. The molecule has 0 radical (unpaired) electrons. The number of nitrogens with two attached hydrogens (primary N) is 1. The zero-order valence-corrected chi connectivity index (χ0v) is 9.00. The Kier molecular flexibility index (Phi) is 3.63. The van der Waals surface area contributed by atoms with Gasteiger partial charge < -0.3 is 10.6 Å². The first-order valence-corrected chi connectivity index (χ1v) is 4.79. The Hall–Kier alpha value is -1.16. The maximum absolute atomic E-state index is 13.0. The Morgan fingerprint density at radius 1 is 1.20 bits per heavy atom. The third-order valence-corrected chi connectivity index (χ3v) is 2.21. The molecule has 0 aromatic heterocycles. The average molecular weight is 214 g/mol. The lowest BCUT2D eigenvalue weighted by molar-refractivity contribution is 0.0115. The van der Waals surface area contributed by atoms with Gasteiger partial charge >= 0.3 is 0 Å². The highest BCUT2D eigenvalue weighted by molar-refractivity contribution is 5.46. The molecule has 0 saturated carbocycles. The maximum atomic E-state index is 13.0. The van der Waals surface area contributed by atoms with E-state index in [1.807, 2.05) is 31.1 Å². The van der Waals surface area contributed by atoms with Gasteiger partial charge in [0.15, 0.2) is 0 Å². The van der Waals surface area contributed by atoms with Gasteiger partial charge in [0.05, 0.1) is 6.54 Å². The van der Waals surface area contributed by atoms with Gasteiger partial charge in [-0.3, -0.25) is 0 Å². The minimum Gasteiger partial charge on any atom is -0.378 e. The van der Waals surface area contributed by atoms with E-state index >= 15 is 0 Å². The van der Waals surface area contributed by atoms with E-state index in [1.165, 1.54) is 0 Å². The minimum atomic E-state index is -2.81. The average Bonchev–Trinajstić information content (AvgIpc) is 2.18. The Balaban J connectivity index is 2.73. The number of alkyl halides is 2. The third-order valence-electron chi connectivity index (χ3n) is 2.21. The second kappa shape index (κ2) is 4.57. The summed E-state index contributed by atoms with van der Waals surface area (Å²) in [5.74, 6) is -2.81. The van der Waals surface area contributed by atoms with Crippen LogP contribution in [0.1, 0.15) is 5.56 Å². The van der Waals surface area contributed by atoms with Gasteiger partial charge in [0, 0.05) is 26.2 Å². The van der Waals surface area contributed by atoms with Crippen molar-refractivity contribution in [1.29, 1.82) is 0 Å². The molecular formula is C11H16F2N2. The van der Waals surface area contributed by atoms with E-state index in [-0.39, 0.29) is 6.42 Å². The van der Waals surface area contributed by atoms with E-state index in [0.29, 0.717) is 5.56 Å². The first-order chi connectivity index (χ1) is 6.94. The Morgan fingerprint density at radius 2 is 1.73 bits per heavy atom. The number of hydrogen-bond acceptors (Lipinski definition) is 2. The third kappa shape index (κ3) is 3.47. The summed E-state index contributed by atoms with van der Waals surface area (Å²) in [4.78, 5) is 1.92. The molecule has 0 aliphatic heterocycles. The summed E-state index contributed by atoms with van der Waals surface area (Å²) in [6, 6.07) is 7.06. The van der Waals surface area contributed by atoms with Crippen molar-refractivity contribution in [3.05, 3.63) is 29.8 Å². The predicted octanol–water partition coefficient (Wildman–Crippen LogP) is 1.89. The molecule has 0 saturated heterocycles. The van der Waals surface area contributed by atoms with Crippen LogP contribution in [-0.4, -0.2) is 26.6 Å². The molecule has 0 fully saturated rings. The quantitative estimate of drug-likeness (QED) is 0.829. The van der Waals surface area contributed by atoms with Gasteiger partial charge in [0.1, 0.15) is 0 Å². The van der Waals surface area contributed by atoms with Crippen LogP contribution in [0.4, 0.5) is 14.5 Å². The molecule has 0 bridgehead atoms. The fourth-order valence-corrected chi connectivity index (χ4v) is 1.28. The van der Waals surface area contributed by atoms with Crippen LogP contribution in [0.5, 0.6) is 0 Å². The summed E-state index contributed by atoms with van der Waals surface area (Å²) >= 11 is 0. The normalized spacial score (nSPS) is 11.5. The van der Waals surface area contributed by atoms with Crippen molar-refractivity contribution in [3.8, 4) is 0 Å². The highest BCUT2D eigenvalue weighted by atomic mass is 19.3. The molecule has 0 amide bonds. The van der Waals surface area contributed by atoms with Crippen LogP contribution in [-0.2, 0) is 6.42 Å². The lowest BCUT2D eigenvalue weighted by Crippen LogP contribution is -2.30. The number of nitrogens with zero attached hydrogens (tertiary/aromatic N) is 1. The molecular weight excluding hydrogens is 198 g/mol. The van der Waals surface area contributed by atoms with Crippen LogP contribution in [0.3, 0.4) is 0 Å². The van der Waals surface area contributed by atoms with Gasteiger partial charge in [0.25, 0.3) is 5.92 Å². The van der Waals surface area contributed by atoms with Gasteiger partial charge in [-0.25, -0.2) is 8.78 Å². The summed E-state index contributed by atoms with van der Waals surface area (Å²) in [5.41, 5.74) is 6.58. The van der Waals surface area contributed by atoms with Gasteiger partial charge in [0.2, 0.25) is 0 Å². The van der Waals surface area contributed by atoms with Gasteiger partial charge in [-0.15, -0.1) is 0 Å². The monoisotopic (exact) mass is 214 g/mol. The molecule has 0 heterocycles. The number of hydrogen-bond donors (Lipinski definition) is 1. The molecule has 1 aromatic rings. The van der Waals surface area contributed by atoms with E-state index in [0.717, 1.165) is 5.69 Å². The molecule has 84 valence electrons. The highest BCUT2D eigenvalue weighted by Gasteiger charge is 2.26. The number of rotatable bonds is 4. The van der Waals surface area contributed by atoms with Crippen molar-refractivity contribution in [3.63, 3.8) is 0 Å². The van der Waals surface area contributed by atoms with Crippen LogP contribution in [0, 0.1) is 0 Å². The van der Waals surface area contributed by atoms with E-state index in [9.17, 15) is 8.78 Å². The van der Waals surface area contributed by atoms with Crippen LogP contribution < -0.4 is 10.6 Å². The maximum Gasteiger partial charge on any atom is 0.264 e.